The highest BCUT2D eigenvalue weighted by atomic mass is 19.4. The number of carbonyl (C=O) groups is 1. The van der Waals surface area contributed by atoms with Gasteiger partial charge in [-0.15, -0.1) is 0 Å². The summed E-state index contributed by atoms with van der Waals surface area (Å²) in [4.78, 5) is 24.5. The van der Waals surface area contributed by atoms with Crippen LogP contribution in [0.2, 0.25) is 0 Å². The van der Waals surface area contributed by atoms with E-state index in [0.29, 0.717) is 12.5 Å². The summed E-state index contributed by atoms with van der Waals surface area (Å²) in [5.41, 5.74) is 2.81. The first-order valence-electron chi connectivity index (χ1n) is 11.1. The molecule has 0 saturated heterocycles. The van der Waals surface area contributed by atoms with E-state index >= 15 is 0 Å². The molecule has 7 nitrogen and oxygen atoms in total. The van der Waals surface area contributed by atoms with Gasteiger partial charge in [-0.25, -0.2) is 15.0 Å². The van der Waals surface area contributed by atoms with Gasteiger partial charge in [-0.2, -0.15) is 18.3 Å². The average Bonchev–Trinajstić information content (AvgIpc) is 3.59. The molecule has 1 aliphatic rings. The molecule has 0 radical (unpaired) electrons. The molecule has 178 valence electrons. The molecule has 1 amide bonds. The topological polar surface area (TPSA) is 85.6 Å². The summed E-state index contributed by atoms with van der Waals surface area (Å²) in [5, 5.41) is 6.95. The van der Waals surface area contributed by atoms with Gasteiger partial charge in [-0.3, -0.25) is 9.48 Å². The highest BCUT2D eigenvalue weighted by Gasteiger charge is 2.32. The number of aromatic nitrogens is 5. The van der Waals surface area contributed by atoms with Crippen molar-refractivity contribution in [3.8, 4) is 11.1 Å². The molecule has 1 aliphatic carbocycles. The fourth-order valence-electron chi connectivity index (χ4n) is 3.63. The first kappa shape index (κ1) is 22.7. The zero-order chi connectivity index (χ0) is 24.4. The molecular weight excluding hydrogens is 457 g/mol. The van der Waals surface area contributed by atoms with Gasteiger partial charge in [0.15, 0.2) is 0 Å². The van der Waals surface area contributed by atoms with Crippen molar-refractivity contribution < 1.29 is 18.0 Å². The van der Waals surface area contributed by atoms with Crippen LogP contribution in [-0.2, 0) is 23.8 Å². The standard InChI is InChI=1S/C25H21F3N6O/c26-25(27,28)22-8-5-20(14-29-22)33-24(35)10-16-1-3-18(4-2-16)19-12-30-23(31-13-19)9-17-11-32-34(15-17)21-6-7-21/h1-5,8,11-15,21H,6-7,9-10H2,(H,33,35). The Hall–Kier alpha value is -4.08. The van der Waals surface area contributed by atoms with E-state index in [0.717, 1.165) is 40.3 Å². The molecule has 1 aromatic carbocycles. The van der Waals surface area contributed by atoms with Gasteiger partial charge >= 0.3 is 6.18 Å². The normalized spacial score (nSPS) is 13.6. The third kappa shape index (κ3) is 5.71. The number of hydrogen-bond donors (Lipinski definition) is 1. The molecule has 3 heterocycles. The van der Waals surface area contributed by atoms with Crippen LogP contribution in [0, 0.1) is 0 Å². The van der Waals surface area contributed by atoms with Crippen LogP contribution in [-0.4, -0.2) is 30.6 Å². The van der Waals surface area contributed by atoms with Crippen molar-refractivity contribution >= 4 is 11.6 Å². The maximum Gasteiger partial charge on any atom is 0.433 e. The van der Waals surface area contributed by atoms with Crippen LogP contribution < -0.4 is 5.32 Å². The van der Waals surface area contributed by atoms with E-state index in [4.69, 9.17) is 0 Å². The van der Waals surface area contributed by atoms with Crippen LogP contribution in [0.15, 0.2) is 67.4 Å². The summed E-state index contributed by atoms with van der Waals surface area (Å²) in [7, 11) is 0. The largest absolute Gasteiger partial charge is 0.433 e. The Kier molecular flexibility index (Phi) is 6.02. The molecule has 0 aliphatic heterocycles. The molecule has 3 aromatic heterocycles. The van der Waals surface area contributed by atoms with Crippen molar-refractivity contribution in [2.24, 2.45) is 0 Å². The van der Waals surface area contributed by atoms with Gasteiger partial charge in [-0.05, 0) is 41.7 Å². The molecular formula is C25H21F3N6O. The number of rotatable bonds is 7. The predicted octanol–water partition coefficient (Wildman–Crippen LogP) is 4.86. The molecule has 10 heteroatoms. The number of pyridine rings is 1. The third-order valence-electron chi connectivity index (χ3n) is 5.63. The molecule has 4 aromatic rings. The van der Waals surface area contributed by atoms with Crippen LogP contribution >= 0.6 is 0 Å². The Balaban J connectivity index is 1.16. The minimum absolute atomic E-state index is 0.0747. The maximum absolute atomic E-state index is 12.6. The van der Waals surface area contributed by atoms with Crippen LogP contribution in [0.1, 0.15) is 41.5 Å². The average molecular weight is 478 g/mol. The summed E-state index contributed by atoms with van der Waals surface area (Å²) in [6.45, 7) is 0. The fourth-order valence-corrected chi connectivity index (χ4v) is 3.63. The second-order valence-corrected chi connectivity index (χ2v) is 8.48. The lowest BCUT2D eigenvalue weighted by atomic mass is 10.0. The van der Waals surface area contributed by atoms with E-state index in [9.17, 15) is 18.0 Å². The molecule has 1 saturated carbocycles. The molecule has 1 fully saturated rings. The maximum atomic E-state index is 12.6. The van der Waals surface area contributed by atoms with Gasteiger partial charge < -0.3 is 5.32 Å². The van der Waals surface area contributed by atoms with Gasteiger partial charge in [0.2, 0.25) is 5.91 Å². The molecule has 0 spiro atoms. The summed E-state index contributed by atoms with van der Waals surface area (Å²) in [6, 6.07) is 9.95. The quantitative estimate of drug-likeness (QED) is 0.410. The minimum atomic E-state index is -4.52. The van der Waals surface area contributed by atoms with Crippen molar-refractivity contribution in [3.05, 3.63) is 90.0 Å². The van der Waals surface area contributed by atoms with E-state index in [1.165, 1.54) is 18.9 Å². The summed E-state index contributed by atoms with van der Waals surface area (Å²) in [5.74, 6) is 0.368. The lowest BCUT2D eigenvalue weighted by Crippen LogP contribution is -2.15. The number of alkyl halides is 3. The van der Waals surface area contributed by atoms with E-state index in [1.54, 1.807) is 12.4 Å². The van der Waals surface area contributed by atoms with Gasteiger partial charge in [0.1, 0.15) is 11.5 Å². The first-order chi connectivity index (χ1) is 16.8. The number of hydrogen-bond acceptors (Lipinski definition) is 5. The number of amides is 1. The fraction of sp³-hybridized carbons (Fsp3) is 0.240. The Bertz CT molecular complexity index is 1310. The Morgan fingerprint density at radius 1 is 0.914 bits per heavy atom. The lowest BCUT2D eigenvalue weighted by Gasteiger charge is -2.08. The van der Waals surface area contributed by atoms with E-state index < -0.39 is 11.9 Å². The van der Waals surface area contributed by atoms with Crippen molar-refractivity contribution in [2.75, 3.05) is 5.32 Å². The molecule has 0 atom stereocenters. The summed E-state index contributed by atoms with van der Waals surface area (Å²) >= 11 is 0. The first-order valence-corrected chi connectivity index (χ1v) is 11.1. The SMILES string of the molecule is O=C(Cc1ccc(-c2cnc(Cc3cnn(C4CC4)c3)nc2)cc1)Nc1ccc(C(F)(F)F)nc1. The number of halogens is 3. The molecule has 0 unspecified atom stereocenters. The van der Waals surface area contributed by atoms with Crippen molar-refractivity contribution in [3.63, 3.8) is 0 Å². The second kappa shape index (κ2) is 9.28. The molecule has 35 heavy (non-hydrogen) atoms. The van der Waals surface area contributed by atoms with Crippen molar-refractivity contribution in [1.29, 1.82) is 0 Å². The van der Waals surface area contributed by atoms with E-state index in [2.05, 4.69) is 31.6 Å². The van der Waals surface area contributed by atoms with Crippen molar-refractivity contribution in [1.82, 2.24) is 24.7 Å². The third-order valence-corrected chi connectivity index (χ3v) is 5.63. The van der Waals surface area contributed by atoms with Crippen LogP contribution in [0.5, 0.6) is 0 Å². The molecule has 0 bridgehead atoms. The monoisotopic (exact) mass is 478 g/mol. The lowest BCUT2D eigenvalue weighted by molar-refractivity contribution is -0.141. The number of anilines is 1. The zero-order valence-electron chi connectivity index (χ0n) is 18.5. The highest BCUT2D eigenvalue weighted by Crippen LogP contribution is 2.34. The molecule has 1 N–H and O–H groups in total. The van der Waals surface area contributed by atoms with E-state index in [-0.39, 0.29) is 18.0 Å². The van der Waals surface area contributed by atoms with Crippen molar-refractivity contribution in [2.45, 2.75) is 37.9 Å². The van der Waals surface area contributed by atoms with Gasteiger partial charge in [0, 0.05) is 30.6 Å². The highest BCUT2D eigenvalue weighted by molar-refractivity contribution is 5.92. The molecule has 5 rings (SSSR count). The number of benzene rings is 1. The van der Waals surface area contributed by atoms with Crippen LogP contribution in [0.4, 0.5) is 18.9 Å². The predicted molar refractivity (Wildman–Crippen MR) is 122 cm³/mol. The van der Waals surface area contributed by atoms with Gasteiger partial charge in [-0.1, -0.05) is 24.3 Å². The van der Waals surface area contributed by atoms with Gasteiger partial charge in [0.05, 0.1) is 30.5 Å². The number of nitrogens with one attached hydrogen (secondary N) is 1. The number of carbonyl (C=O) groups excluding carboxylic acids is 1. The summed E-state index contributed by atoms with van der Waals surface area (Å²) < 4.78 is 39.8. The summed E-state index contributed by atoms with van der Waals surface area (Å²) in [6.07, 6.45) is 7.00. The van der Waals surface area contributed by atoms with Crippen LogP contribution in [0.3, 0.4) is 0 Å². The Labute approximate surface area is 199 Å². The van der Waals surface area contributed by atoms with E-state index in [1.807, 2.05) is 35.1 Å². The zero-order valence-corrected chi connectivity index (χ0v) is 18.5. The Morgan fingerprint density at radius 3 is 2.29 bits per heavy atom. The smallest absolute Gasteiger partial charge is 0.324 e. The van der Waals surface area contributed by atoms with Gasteiger partial charge in [0.25, 0.3) is 0 Å². The van der Waals surface area contributed by atoms with Crippen LogP contribution in [0.25, 0.3) is 11.1 Å². The number of nitrogens with zero attached hydrogens (tertiary/aromatic N) is 5. The Morgan fingerprint density at radius 2 is 1.66 bits per heavy atom. The minimum Gasteiger partial charge on any atom is -0.324 e. The second-order valence-electron chi connectivity index (χ2n) is 8.48.